The van der Waals surface area contributed by atoms with Crippen LogP contribution in [0.3, 0.4) is 0 Å². The highest BCUT2D eigenvalue weighted by Gasteiger charge is 2.10. The fraction of sp³-hybridized carbons (Fsp3) is 0.250. The van der Waals surface area contributed by atoms with Gasteiger partial charge < -0.3 is 4.90 Å². The Labute approximate surface area is 122 Å². The van der Waals surface area contributed by atoms with E-state index in [4.69, 9.17) is 0 Å². The number of halogens is 2. The summed E-state index contributed by atoms with van der Waals surface area (Å²) in [5, 5.41) is 2.16. The molecule has 2 nitrogen and oxygen atoms in total. The Morgan fingerprint density at radius 2 is 2.18 bits per heavy atom. The number of pyridine rings is 1. The van der Waals surface area contributed by atoms with Crippen molar-refractivity contribution in [2.75, 3.05) is 11.9 Å². The van der Waals surface area contributed by atoms with Crippen LogP contribution in [0.1, 0.15) is 11.1 Å². The van der Waals surface area contributed by atoms with Gasteiger partial charge in [-0.05, 0) is 67.4 Å². The smallest absolute Gasteiger partial charge is 0.143 e. The van der Waals surface area contributed by atoms with Crippen LogP contribution in [0.25, 0.3) is 0 Å². The molecule has 0 spiro atoms. The summed E-state index contributed by atoms with van der Waals surface area (Å²) < 4.78 is 2.23. The number of aryl methyl sites for hydroxylation is 1. The maximum Gasteiger partial charge on any atom is 0.143 e. The van der Waals surface area contributed by atoms with E-state index in [0.717, 1.165) is 20.6 Å². The number of hydrogen-bond donors (Lipinski definition) is 0. The van der Waals surface area contributed by atoms with E-state index in [-0.39, 0.29) is 0 Å². The number of anilines is 1. The molecule has 2 aromatic heterocycles. The summed E-state index contributed by atoms with van der Waals surface area (Å²) in [7, 11) is 2.05. The molecule has 0 aliphatic heterocycles. The lowest BCUT2D eigenvalue weighted by Gasteiger charge is -2.19. The van der Waals surface area contributed by atoms with E-state index in [1.54, 1.807) is 11.3 Å². The summed E-state index contributed by atoms with van der Waals surface area (Å²) in [6.45, 7) is 2.93. The second-order valence-electron chi connectivity index (χ2n) is 3.88. The van der Waals surface area contributed by atoms with Crippen LogP contribution < -0.4 is 4.90 Å². The highest BCUT2D eigenvalue weighted by Crippen LogP contribution is 2.28. The van der Waals surface area contributed by atoms with Crippen molar-refractivity contribution in [3.05, 3.63) is 43.1 Å². The molecular formula is C12H12Br2N2S. The van der Waals surface area contributed by atoms with Gasteiger partial charge in [-0.2, -0.15) is 0 Å². The van der Waals surface area contributed by atoms with Crippen molar-refractivity contribution >= 4 is 49.0 Å². The SMILES string of the molecule is Cc1ccnc(N(C)Cc2csc(Br)c2)c1Br. The zero-order valence-corrected chi connectivity index (χ0v) is 13.6. The van der Waals surface area contributed by atoms with Gasteiger partial charge in [0.15, 0.2) is 0 Å². The van der Waals surface area contributed by atoms with Gasteiger partial charge in [0.25, 0.3) is 0 Å². The molecule has 0 radical (unpaired) electrons. The molecule has 0 N–H and O–H groups in total. The quantitative estimate of drug-likeness (QED) is 0.778. The van der Waals surface area contributed by atoms with Crippen LogP contribution in [0.5, 0.6) is 0 Å². The van der Waals surface area contributed by atoms with Crippen molar-refractivity contribution in [3.8, 4) is 0 Å². The number of aromatic nitrogens is 1. The van der Waals surface area contributed by atoms with Crippen LogP contribution in [0.2, 0.25) is 0 Å². The monoisotopic (exact) mass is 374 g/mol. The van der Waals surface area contributed by atoms with Crippen LogP contribution in [0, 0.1) is 6.92 Å². The molecular weight excluding hydrogens is 364 g/mol. The van der Waals surface area contributed by atoms with Crippen LogP contribution in [-0.2, 0) is 6.54 Å². The Morgan fingerprint density at radius 3 is 2.82 bits per heavy atom. The Morgan fingerprint density at radius 1 is 1.41 bits per heavy atom. The third kappa shape index (κ3) is 3.09. The molecule has 0 amide bonds. The number of thiophene rings is 1. The normalized spacial score (nSPS) is 10.6. The number of nitrogens with zero attached hydrogens (tertiary/aromatic N) is 2. The van der Waals surface area contributed by atoms with Crippen LogP contribution >= 0.6 is 43.2 Å². The van der Waals surface area contributed by atoms with E-state index >= 15 is 0 Å². The Hall–Kier alpha value is -0.390. The summed E-state index contributed by atoms with van der Waals surface area (Å²) in [5.74, 6) is 0.979. The van der Waals surface area contributed by atoms with Crippen molar-refractivity contribution in [3.63, 3.8) is 0 Å². The van der Waals surface area contributed by atoms with Crippen molar-refractivity contribution in [2.24, 2.45) is 0 Å². The van der Waals surface area contributed by atoms with E-state index in [2.05, 4.69) is 67.2 Å². The third-order valence-corrected chi connectivity index (χ3v) is 5.00. The highest BCUT2D eigenvalue weighted by molar-refractivity contribution is 9.11. The highest BCUT2D eigenvalue weighted by atomic mass is 79.9. The summed E-state index contributed by atoms with van der Waals surface area (Å²) in [6.07, 6.45) is 1.84. The number of rotatable bonds is 3. The lowest BCUT2D eigenvalue weighted by Crippen LogP contribution is -2.18. The fourth-order valence-corrected chi connectivity index (χ4v) is 3.31. The van der Waals surface area contributed by atoms with Gasteiger partial charge in [-0.3, -0.25) is 0 Å². The Balaban J connectivity index is 2.20. The van der Waals surface area contributed by atoms with Gasteiger partial charge in [-0.15, -0.1) is 11.3 Å². The van der Waals surface area contributed by atoms with Crippen molar-refractivity contribution in [1.29, 1.82) is 0 Å². The van der Waals surface area contributed by atoms with Gasteiger partial charge in [0, 0.05) is 19.8 Å². The van der Waals surface area contributed by atoms with Crippen LogP contribution in [0.4, 0.5) is 5.82 Å². The summed E-state index contributed by atoms with van der Waals surface area (Å²) in [4.78, 5) is 6.56. The first-order valence-electron chi connectivity index (χ1n) is 5.13. The fourth-order valence-electron chi connectivity index (χ4n) is 1.57. The first-order valence-corrected chi connectivity index (χ1v) is 7.59. The van der Waals surface area contributed by atoms with Gasteiger partial charge in [-0.1, -0.05) is 0 Å². The molecule has 0 saturated heterocycles. The molecule has 0 bridgehead atoms. The predicted molar refractivity (Wildman–Crippen MR) is 80.8 cm³/mol. The average molecular weight is 376 g/mol. The summed E-state index contributed by atoms with van der Waals surface area (Å²) >= 11 is 8.77. The van der Waals surface area contributed by atoms with E-state index in [9.17, 15) is 0 Å². The maximum atomic E-state index is 4.41. The molecule has 2 rings (SSSR count). The van der Waals surface area contributed by atoms with Gasteiger partial charge in [0.05, 0.1) is 8.26 Å². The summed E-state index contributed by atoms with van der Waals surface area (Å²) in [6, 6.07) is 4.15. The predicted octanol–water partition coefficient (Wildman–Crippen LogP) is 4.61. The molecule has 0 aliphatic rings. The van der Waals surface area contributed by atoms with E-state index < -0.39 is 0 Å². The zero-order chi connectivity index (χ0) is 12.4. The molecule has 0 unspecified atom stereocenters. The van der Waals surface area contributed by atoms with Gasteiger partial charge in [0.1, 0.15) is 5.82 Å². The van der Waals surface area contributed by atoms with E-state index in [1.807, 2.05) is 12.3 Å². The maximum absolute atomic E-state index is 4.41. The topological polar surface area (TPSA) is 16.1 Å². The summed E-state index contributed by atoms with van der Waals surface area (Å²) in [5.41, 5.74) is 2.49. The van der Waals surface area contributed by atoms with Gasteiger partial charge >= 0.3 is 0 Å². The largest absolute Gasteiger partial charge is 0.354 e. The minimum Gasteiger partial charge on any atom is -0.354 e. The molecule has 90 valence electrons. The zero-order valence-electron chi connectivity index (χ0n) is 9.58. The van der Waals surface area contributed by atoms with Crippen molar-refractivity contribution in [2.45, 2.75) is 13.5 Å². The Kier molecular flexibility index (Phi) is 4.22. The second kappa shape index (κ2) is 5.50. The van der Waals surface area contributed by atoms with E-state index in [0.29, 0.717) is 0 Å². The molecule has 2 aromatic rings. The van der Waals surface area contributed by atoms with Crippen LogP contribution in [0.15, 0.2) is 32.0 Å². The second-order valence-corrected chi connectivity index (χ2v) is 6.96. The lowest BCUT2D eigenvalue weighted by atomic mass is 10.2. The minimum atomic E-state index is 0.858. The molecule has 0 aromatic carbocycles. The number of hydrogen-bond acceptors (Lipinski definition) is 3. The van der Waals surface area contributed by atoms with E-state index in [1.165, 1.54) is 11.1 Å². The molecule has 0 fully saturated rings. The molecule has 2 heterocycles. The van der Waals surface area contributed by atoms with Crippen molar-refractivity contribution < 1.29 is 0 Å². The first-order chi connectivity index (χ1) is 8.08. The van der Waals surface area contributed by atoms with Crippen LogP contribution in [-0.4, -0.2) is 12.0 Å². The van der Waals surface area contributed by atoms with Gasteiger partial charge in [0.2, 0.25) is 0 Å². The molecule has 0 aliphatic carbocycles. The average Bonchev–Trinajstić information content (AvgIpc) is 2.68. The lowest BCUT2D eigenvalue weighted by molar-refractivity contribution is 0.895. The van der Waals surface area contributed by atoms with Crippen molar-refractivity contribution in [1.82, 2.24) is 4.98 Å². The minimum absolute atomic E-state index is 0.858. The third-order valence-electron chi connectivity index (χ3n) is 2.47. The molecule has 5 heteroatoms. The first kappa shape index (κ1) is 13.1. The molecule has 0 atom stereocenters. The molecule has 0 saturated carbocycles. The Bertz CT molecular complexity index is 525. The standard InChI is InChI=1S/C12H12Br2N2S/c1-8-3-4-15-12(11(8)14)16(2)6-9-5-10(13)17-7-9/h3-5,7H,6H2,1-2H3. The molecule has 17 heavy (non-hydrogen) atoms. The van der Waals surface area contributed by atoms with Gasteiger partial charge in [-0.25, -0.2) is 4.98 Å².